The van der Waals surface area contributed by atoms with Crippen molar-refractivity contribution in [3.05, 3.63) is 22.7 Å². The fourth-order valence-electron chi connectivity index (χ4n) is 2.46. The Morgan fingerprint density at radius 1 is 1.60 bits per heavy atom. The molecule has 2 aromatic rings. The first-order valence-electron chi connectivity index (χ1n) is 6.73. The van der Waals surface area contributed by atoms with Gasteiger partial charge in [-0.3, -0.25) is 10.1 Å². The molecule has 1 aliphatic rings. The van der Waals surface area contributed by atoms with Crippen LogP contribution in [0.3, 0.4) is 0 Å². The number of rotatable bonds is 3. The lowest BCUT2D eigenvalue weighted by Crippen LogP contribution is -2.24. The zero-order valence-electron chi connectivity index (χ0n) is 11.2. The van der Waals surface area contributed by atoms with Crippen LogP contribution in [-0.2, 0) is 16.1 Å². The van der Waals surface area contributed by atoms with Crippen molar-refractivity contribution in [1.82, 2.24) is 9.55 Å². The Balaban J connectivity index is 1.92. The number of anilines is 1. The number of hydrogen-bond donors (Lipinski definition) is 1. The number of nitrogens with one attached hydrogen (secondary N) is 1. The zero-order chi connectivity index (χ0) is 14.1. The van der Waals surface area contributed by atoms with Gasteiger partial charge in [0, 0.05) is 17.6 Å². The standard InChI is InChI=1S/C14H16BrN3O2/c1-2-18-12-7-10(15)3-4-11(12)16-14(18)17-13(19)9-5-6-20-8-9/h3-4,7,9H,2,5-6,8H2,1H3,(H,16,17,19)/t9-/m1/s1. The summed E-state index contributed by atoms with van der Waals surface area (Å²) in [6.07, 6.45) is 0.781. The van der Waals surface area contributed by atoms with Gasteiger partial charge in [-0.2, -0.15) is 0 Å². The Hall–Kier alpha value is -1.40. The van der Waals surface area contributed by atoms with Crippen molar-refractivity contribution < 1.29 is 9.53 Å². The summed E-state index contributed by atoms with van der Waals surface area (Å²) >= 11 is 3.46. The summed E-state index contributed by atoms with van der Waals surface area (Å²) < 4.78 is 8.26. The Morgan fingerprint density at radius 2 is 2.45 bits per heavy atom. The van der Waals surface area contributed by atoms with Crippen molar-refractivity contribution in [2.24, 2.45) is 5.92 Å². The Bertz CT molecular complexity index is 647. The molecule has 1 fully saturated rings. The lowest BCUT2D eigenvalue weighted by Gasteiger charge is -2.10. The molecule has 5 nitrogen and oxygen atoms in total. The maximum Gasteiger partial charge on any atom is 0.232 e. The monoisotopic (exact) mass is 337 g/mol. The number of benzene rings is 1. The van der Waals surface area contributed by atoms with Gasteiger partial charge in [0.05, 0.1) is 23.6 Å². The van der Waals surface area contributed by atoms with E-state index in [9.17, 15) is 4.79 Å². The van der Waals surface area contributed by atoms with Gasteiger partial charge in [-0.25, -0.2) is 4.98 Å². The molecule has 20 heavy (non-hydrogen) atoms. The number of ether oxygens (including phenoxy) is 1. The van der Waals surface area contributed by atoms with E-state index in [1.807, 2.05) is 29.7 Å². The van der Waals surface area contributed by atoms with Crippen molar-refractivity contribution in [3.63, 3.8) is 0 Å². The van der Waals surface area contributed by atoms with Crippen LogP contribution >= 0.6 is 15.9 Å². The molecule has 1 atom stereocenters. The maximum atomic E-state index is 12.2. The molecule has 0 bridgehead atoms. The lowest BCUT2D eigenvalue weighted by molar-refractivity contribution is -0.119. The zero-order valence-corrected chi connectivity index (χ0v) is 12.8. The highest BCUT2D eigenvalue weighted by Crippen LogP contribution is 2.24. The fourth-order valence-corrected chi connectivity index (χ4v) is 2.81. The van der Waals surface area contributed by atoms with Crippen molar-refractivity contribution >= 4 is 38.8 Å². The molecular formula is C14H16BrN3O2. The summed E-state index contributed by atoms with van der Waals surface area (Å²) in [5.41, 5.74) is 1.90. The first-order chi connectivity index (χ1) is 9.69. The molecule has 1 aromatic heterocycles. The third-order valence-electron chi connectivity index (χ3n) is 3.56. The Morgan fingerprint density at radius 3 is 3.15 bits per heavy atom. The number of nitrogens with zero attached hydrogens (tertiary/aromatic N) is 2. The number of halogens is 1. The molecule has 1 aliphatic heterocycles. The van der Waals surface area contributed by atoms with Crippen LogP contribution in [0, 0.1) is 5.92 Å². The van der Waals surface area contributed by atoms with Crippen LogP contribution in [0.2, 0.25) is 0 Å². The van der Waals surface area contributed by atoms with Crippen molar-refractivity contribution in [2.75, 3.05) is 18.5 Å². The van der Waals surface area contributed by atoms with Gasteiger partial charge in [-0.05, 0) is 31.5 Å². The van der Waals surface area contributed by atoms with E-state index in [0.717, 1.165) is 28.5 Å². The molecular weight excluding hydrogens is 322 g/mol. The summed E-state index contributed by atoms with van der Waals surface area (Å²) in [6, 6.07) is 5.91. The van der Waals surface area contributed by atoms with E-state index < -0.39 is 0 Å². The average Bonchev–Trinajstić information content (AvgIpc) is 3.05. The predicted octanol–water partition coefficient (Wildman–Crippen LogP) is 2.79. The number of carbonyl (C=O) groups is 1. The van der Waals surface area contributed by atoms with Gasteiger partial charge in [-0.1, -0.05) is 15.9 Å². The normalized spacial score (nSPS) is 18.6. The third kappa shape index (κ3) is 2.45. The Kier molecular flexibility index (Phi) is 3.76. The van der Waals surface area contributed by atoms with Crippen LogP contribution in [0.15, 0.2) is 22.7 Å². The molecule has 6 heteroatoms. The van der Waals surface area contributed by atoms with E-state index in [4.69, 9.17) is 4.74 Å². The Labute approximate surface area is 125 Å². The average molecular weight is 338 g/mol. The van der Waals surface area contributed by atoms with Gasteiger partial charge >= 0.3 is 0 Å². The smallest absolute Gasteiger partial charge is 0.232 e. The molecule has 1 N–H and O–H groups in total. The molecule has 2 heterocycles. The van der Waals surface area contributed by atoms with E-state index in [1.165, 1.54) is 0 Å². The van der Waals surface area contributed by atoms with Crippen molar-refractivity contribution in [3.8, 4) is 0 Å². The minimum atomic E-state index is -0.0631. The summed E-state index contributed by atoms with van der Waals surface area (Å²) in [5, 5.41) is 2.93. The SMILES string of the molecule is CCn1c(NC(=O)[C@@H]2CCOC2)nc2ccc(Br)cc21. The van der Waals surface area contributed by atoms with Gasteiger partial charge in [0.25, 0.3) is 0 Å². The summed E-state index contributed by atoms with van der Waals surface area (Å²) in [5.74, 6) is 0.538. The molecule has 0 spiro atoms. The van der Waals surface area contributed by atoms with E-state index >= 15 is 0 Å². The molecule has 0 unspecified atom stereocenters. The second-order valence-electron chi connectivity index (χ2n) is 4.86. The largest absolute Gasteiger partial charge is 0.381 e. The van der Waals surface area contributed by atoms with Crippen LogP contribution in [0.1, 0.15) is 13.3 Å². The van der Waals surface area contributed by atoms with Gasteiger partial charge in [0.1, 0.15) is 0 Å². The number of carbonyl (C=O) groups excluding carboxylic acids is 1. The highest BCUT2D eigenvalue weighted by atomic mass is 79.9. The second-order valence-corrected chi connectivity index (χ2v) is 5.78. The number of aromatic nitrogens is 2. The lowest BCUT2D eigenvalue weighted by atomic mass is 10.1. The predicted molar refractivity (Wildman–Crippen MR) is 80.7 cm³/mol. The van der Waals surface area contributed by atoms with Crippen LogP contribution in [-0.4, -0.2) is 28.7 Å². The number of hydrogen-bond acceptors (Lipinski definition) is 3. The third-order valence-corrected chi connectivity index (χ3v) is 4.06. The molecule has 0 radical (unpaired) electrons. The molecule has 1 amide bonds. The van der Waals surface area contributed by atoms with E-state index in [2.05, 4.69) is 26.2 Å². The number of amides is 1. The summed E-state index contributed by atoms with van der Waals surface area (Å²) in [4.78, 5) is 16.7. The van der Waals surface area contributed by atoms with E-state index in [-0.39, 0.29) is 11.8 Å². The van der Waals surface area contributed by atoms with Crippen LogP contribution in [0.4, 0.5) is 5.95 Å². The van der Waals surface area contributed by atoms with Crippen LogP contribution in [0.5, 0.6) is 0 Å². The van der Waals surface area contributed by atoms with Crippen LogP contribution < -0.4 is 5.32 Å². The fraction of sp³-hybridized carbons (Fsp3) is 0.429. The van der Waals surface area contributed by atoms with Gasteiger partial charge in [0.2, 0.25) is 11.9 Å². The van der Waals surface area contributed by atoms with E-state index in [0.29, 0.717) is 19.2 Å². The maximum absolute atomic E-state index is 12.2. The van der Waals surface area contributed by atoms with Gasteiger partial charge in [0.15, 0.2) is 0 Å². The summed E-state index contributed by atoms with van der Waals surface area (Å²) in [7, 11) is 0. The summed E-state index contributed by atoms with van der Waals surface area (Å²) in [6.45, 7) is 3.96. The van der Waals surface area contributed by atoms with E-state index in [1.54, 1.807) is 0 Å². The minimum absolute atomic E-state index is 0.00780. The molecule has 106 valence electrons. The molecule has 1 aromatic carbocycles. The van der Waals surface area contributed by atoms with Crippen LogP contribution in [0.25, 0.3) is 11.0 Å². The van der Waals surface area contributed by atoms with Gasteiger partial charge < -0.3 is 9.30 Å². The quantitative estimate of drug-likeness (QED) is 0.936. The molecule has 3 rings (SSSR count). The second kappa shape index (κ2) is 5.54. The number of fused-ring (bicyclic) bond motifs is 1. The highest BCUT2D eigenvalue weighted by Gasteiger charge is 2.25. The minimum Gasteiger partial charge on any atom is -0.381 e. The van der Waals surface area contributed by atoms with Crippen molar-refractivity contribution in [1.29, 1.82) is 0 Å². The molecule has 1 saturated heterocycles. The highest BCUT2D eigenvalue weighted by molar-refractivity contribution is 9.10. The van der Waals surface area contributed by atoms with Gasteiger partial charge in [-0.15, -0.1) is 0 Å². The first kappa shape index (κ1) is 13.6. The molecule has 0 saturated carbocycles. The topological polar surface area (TPSA) is 56.2 Å². The number of imidazole rings is 1. The molecule has 0 aliphatic carbocycles. The van der Waals surface area contributed by atoms with Crippen molar-refractivity contribution in [2.45, 2.75) is 19.9 Å². The first-order valence-corrected chi connectivity index (χ1v) is 7.52. The number of aryl methyl sites for hydroxylation is 1.